The third-order valence-corrected chi connectivity index (χ3v) is 6.96. The lowest BCUT2D eigenvalue weighted by atomic mass is 10.1. The summed E-state index contributed by atoms with van der Waals surface area (Å²) in [7, 11) is -2.20. The van der Waals surface area contributed by atoms with Crippen LogP contribution >= 0.6 is 0 Å². The smallest absolute Gasteiger partial charge is 0.262 e. The van der Waals surface area contributed by atoms with Crippen LogP contribution in [0.2, 0.25) is 0 Å². The quantitative estimate of drug-likeness (QED) is 0.590. The summed E-state index contributed by atoms with van der Waals surface area (Å²) < 4.78 is 33.1. The molecule has 0 saturated carbocycles. The van der Waals surface area contributed by atoms with Crippen LogP contribution in [0.3, 0.4) is 0 Å². The summed E-state index contributed by atoms with van der Waals surface area (Å²) in [6.45, 7) is 4.88. The largest absolute Gasteiger partial charge is 0.383 e. The summed E-state index contributed by atoms with van der Waals surface area (Å²) in [5, 5.41) is 2.79. The van der Waals surface area contributed by atoms with Gasteiger partial charge in [0.05, 0.1) is 11.5 Å². The maximum Gasteiger partial charge on any atom is 0.262 e. The van der Waals surface area contributed by atoms with E-state index in [2.05, 4.69) is 10.0 Å². The molecular weight excluding hydrogens is 430 g/mol. The van der Waals surface area contributed by atoms with Crippen LogP contribution in [0.1, 0.15) is 34.3 Å². The van der Waals surface area contributed by atoms with E-state index in [9.17, 15) is 18.0 Å². The zero-order chi connectivity index (χ0) is 23.3. The van der Waals surface area contributed by atoms with E-state index in [4.69, 9.17) is 4.74 Å². The zero-order valence-electron chi connectivity index (χ0n) is 18.6. The second-order valence-corrected chi connectivity index (χ2v) is 9.54. The van der Waals surface area contributed by atoms with E-state index in [0.29, 0.717) is 42.9 Å². The normalized spacial score (nSPS) is 16.1. The number of carbonyl (C=O) groups is 2. The van der Waals surface area contributed by atoms with Crippen molar-refractivity contribution in [3.05, 3.63) is 59.2 Å². The highest BCUT2D eigenvalue weighted by atomic mass is 32.2. The Morgan fingerprint density at radius 2 is 1.84 bits per heavy atom. The lowest BCUT2D eigenvalue weighted by Gasteiger charge is -2.24. The van der Waals surface area contributed by atoms with Gasteiger partial charge in [0.15, 0.2) is 0 Å². The standard InChI is InChI=1S/C23H29N3O5S/c1-16-6-7-17(2)21(15-16)32(29,30)25-19-10-8-18(9-11-19)23(28)26-13-4-5-20(26)22(27)24-12-14-31-3/h6-11,15,20,25H,4-5,12-14H2,1-3H3,(H,24,27)/t20-/m0/s1. The van der Waals surface area contributed by atoms with E-state index in [-0.39, 0.29) is 16.7 Å². The average molecular weight is 460 g/mol. The van der Waals surface area contributed by atoms with Crippen molar-refractivity contribution < 1.29 is 22.7 Å². The first-order valence-corrected chi connectivity index (χ1v) is 12.0. The Kier molecular flexibility index (Phi) is 7.52. The van der Waals surface area contributed by atoms with Gasteiger partial charge in [0.25, 0.3) is 15.9 Å². The molecule has 8 nitrogen and oxygen atoms in total. The summed E-state index contributed by atoms with van der Waals surface area (Å²) in [6, 6.07) is 11.0. The number of hydrogen-bond donors (Lipinski definition) is 2. The van der Waals surface area contributed by atoms with E-state index in [0.717, 1.165) is 12.0 Å². The van der Waals surface area contributed by atoms with Crippen molar-refractivity contribution in [3.63, 3.8) is 0 Å². The fourth-order valence-electron chi connectivity index (χ4n) is 3.73. The Morgan fingerprint density at radius 1 is 1.12 bits per heavy atom. The van der Waals surface area contributed by atoms with Crippen LogP contribution in [0.4, 0.5) is 5.69 Å². The number of benzene rings is 2. The molecule has 1 aliphatic heterocycles. The Morgan fingerprint density at radius 3 is 2.53 bits per heavy atom. The molecule has 1 saturated heterocycles. The zero-order valence-corrected chi connectivity index (χ0v) is 19.4. The predicted octanol–water partition coefficient (Wildman–Crippen LogP) is 2.47. The summed E-state index contributed by atoms with van der Waals surface area (Å²) in [6.07, 6.45) is 1.36. The van der Waals surface area contributed by atoms with Gasteiger partial charge < -0.3 is 15.0 Å². The van der Waals surface area contributed by atoms with Gasteiger partial charge in [-0.15, -0.1) is 0 Å². The SMILES string of the molecule is COCCNC(=O)[C@@H]1CCCN1C(=O)c1ccc(NS(=O)(=O)c2cc(C)ccc2C)cc1. The number of rotatable bonds is 8. The van der Waals surface area contributed by atoms with Gasteiger partial charge in [-0.05, 0) is 68.1 Å². The van der Waals surface area contributed by atoms with E-state index in [1.807, 2.05) is 13.0 Å². The highest BCUT2D eigenvalue weighted by molar-refractivity contribution is 7.92. The fourth-order valence-corrected chi connectivity index (χ4v) is 5.12. The minimum absolute atomic E-state index is 0.189. The van der Waals surface area contributed by atoms with Crippen LogP contribution in [0.5, 0.6) is 0 Å². The topological polar surface area (TPSA) is 105 Å². The van der Waals surface area contributed by atoms with Gasteiger partial charge in [-0.3, -0.25) is 14.3 Å². The molecule has 0 radical (unpaired) electrons. The number of nitrogens with zero attached hydrogens (tertiary/aromatic N) is 1. The molecule has 172 valence electrons. The molecule has 9 heteroatoms. The molecule has 2 amide bonds. The van der Waals surface area contributed by atoms with Crippen LogP contribution in [-0.4, -0.2) is 58.0 Å². The van der Waals surface area contributed by atoms with Crippen molar-refractivity contribution in [3.8, 4) is 0 Å². The molecule has 32 heavy (non-hydrogen) atoms. The maximum atomic E-state index is 13.0. The lowest BCUT2D eigenvalue weighted by molar-refractivity contribution is -0.125. The Labute approximate surface area is 189 Å². The Hall–Kier alpha value is -2.91. The predicted molar refractivity (Wildman–Crippen MR) is 122 cm³/mol. The monoisotopic (exact) mass is 459 g/mol. The van der Waals surface area contributed by atoms with Gasteiger partial charge >= 0.3 is 0 Å². The van der Waals surface area contributed by atoms with Crippen LogP contribution in [0.15, 0.2) is 47.4 Å². The van der Waals surface area contributed by atoms with Crippen molar-refractivity contribution in [2.45, 2.75) is 37.6 Å². The molecule has 3 rings (SSSR count). The molecule has 1 heterocycles. The minimum Gasteiger partial charge on any atom is -0.383 e. The van der Waals surface area contributed by atoms with Crippen molar-refractivity contribution >= 4 is 27.5 Å². The van der Waals surface area contributed by atoms with Gasteiger partial charge in [0.2, 0.25) is 5.91 Å². The van der Waals surface area contributed by atoms with Crippen LogP contribution in [0.25, 0.3) is 0 Å². The Bertz CT molecular complexity index is 1080. The van der Waals surface area contributed by atoms with Gasteiger partial charge in [-0.1, -0.05) is 12.1 Å². The first-order chi connectivity index (χ1) is 15.2. The molecule has 2 aromatic carbocycles. The molecule has 0 aromatic heterocycles. The second kappa shape index (κ2) is 10.1. The molecule has 2 aromatic rings. The summed E-state index contributed by atoms with van der Waals surface area (Å²) >= 11 is 0. The molecule has 1 aliphatic rings. The number of anilines is 1. The van der Waals surface area contributed by atoms with E-state index >= 15 is 0 Å². The summed E-state index contributed by atoms with van der Waals surface area (Å²) in [4.78, 5) is 27.2. The number of ether oxygens (including phenoxy) is 1. The minimum atomic E-state index is -3.75. The van der Waals surface area contributed by atoms with Gasteiger partial charge in [-0.25, -0.2) is 8.42 Å². The number of methoxy groups -OCH3 is 1. The van der Waals surface area contributed by atoms with Gasteiger partial charge in [0, 0.05) is 31.5 Å². The molecule has 1 atom stereocenters. The highest BCUT2D eigenvalue weighted by Gasteiger charge is 2.34. The number of hydrogen-bond acceptors (Lipinski definition) is 5. The average Bonchev–Trinajstić information content (AvgIpc) is 3.25. The molecule has 0 aliphatic carbocycles. The second-order valence-electron chi connectivity index (χ2n) is 7.89. The molecule has 0 spiro atoms. The maximum absolute atomic E-state index is 13.0. The number of sulfonamides is 1. The van der Waals surface area contributed by atoms with Gasteiger partial charge in [-0.2, -0.15) is 0 Å². The number of carbonyl (C=O) groups excluding carboxylic acids is 2. The van der Waals surface area contributed by atoms with Crippen molar-refractivity contribution in [2.24, 2.45) is 0 Å². The number of nitrogens with one attached hydrogen (secondary N) is 2. The molecule has 2 N–H and O–H groups in total. The molecule has 0 unspecified atom stereocenters. The van der Waals surface area contributed by atoms with E-state index in [1.165, 1.54) is 0 Å². The van der Waals surface area contributed by atoms with Crippen molar-refractivity contribution in [1.29, 1.82) is 0 Å². The van der Waals surface area contributed by atoms with Crippen molar-refractivity contribution in [1.82, 2.24) is 10.2 Å². The number of likely N-dealkylation sites (tertiary alicyclic amines) is 1. The van der Waals surface area contributed by atoms with E-state index < -0.39 is 16.1 Å². The van der Waals surface area contributed by atoms with E-state index in [1.54, 1.807) is 55.3 Å². The van der Waals surface area contributed by atoms with Crippen LogP contribution in [0, 0.1) is 13.8 Å². The molecule has 0 bridgehead atoms. The molecule has 1 fully saturated rings. The third-order valence-electron chi connectivity index (χ3n) is 5.44. The van der Waals surface area contributed by atoms with Crippen molar-refractivity contribution in [2.75, 3.05) is 31.5 Å². The fraction of sp³-hybridized carbons (Fsp3) is 0.391. The van der Waals surface area contributed by atoms with Crippen LogP contribution in [-0.2, 0) is 19.6 Å². The third kappa shape index (κ3) is 5.46. The highest BCUT2D eigenvalue weighted by Crippen LogP contribution is 2.23. The first kappa shape index (κ1) is 23.7. The summed E-state index contributed by atoms with van der Waals surface area (Å²) in [5.74, 6) is -0.441. The Balaban J connectivity index is 1.70. The molecular formula is C23H29N3O5S. The summed E-state index contributed by atoms with van der Waals surface area (Å²) in [5.41, 5.74) is 2.26. The number of aryl methyl sites for hydroxylation is 2. The first-order valence-electron chi connectivity index (χ1n) is 10.5. The van der Waals surface area contributed by atoms with Crippen LogP contribution < -0.4 is 10.0 Å². The lowest BCUT2D eigenvalue weighted by Crippen LogP contribution is -2.46. The number of amides is 2. The van der Waals surface area contributed by atoms with Gasteiger partial charge in [0.1, 0.15) is 6.04 Å².